The van der Waals surface area contributed by atoms with Gasteiger partial charge in [0.2, 0.25) is 10.0 Å². The molecule has 1 atom stereocenters. The first-order valence-electron chi connectivity index (χ1n) is 8.65. The number of esters is 1. The Bertz CT molecular complexity index is 1100. The second-order valence-electron chi connectivity index (χ2n) is 6.15. The van der Waals surface area contributed by atoms with Gasteiger partial charge in [0.25, 0.3) is 0 Å². The van der Waals surface area contributed by atoms with Crippen molar-refractivity contribution in [2.24, 2.45) is 5.14 Å². The number of fused-ring (bicyclic) bond motifs is 1. The highest BCUT2D eigenvalue weighted by molar-refractivity contribution is 8.00. The standard InChI is InChI=1S/C19H21N3O4S2/c1-3-22-16-10-9-14(28(20,24)25)12-15(16)21-19(22)27-17(18(23)26-2)11-13-7-5-4-6-8-13/h4-10,12,17H,3,11H2,1-2H3,(H2,20,24,25). The molecule has 0 saturated heterocycles. The van der Waals surface area contributed by atoms with E-state index in [9.17, 15) is 13.2 Å². The first-order valence-corrected chi connectivity index (χ1v) is 11.1. The van der Waals surface area contributed by atoms with Crippen LogP contribution in [-0.4, -0.2) is 36.3 Å². The van der Waals surface area contributed by atoms with Crippen LogP contribution in [0.15, 0.2) is 58.6 Å². The molecular formula is C19H21N3O4S2. The van der Waals surface area contributed by atoms with Gasteiger partial charge in [-0.15, -0.1) is 0 Å². The molecule has 0 aliphatic heterocycles. The van der Waals surface area contributed by atoms with Crippen molar-refractivity contribution in [2.75, 3.05) is 7.11 Å². The number of ether oxygens (including phenoxy) is 1. The molecule has 2 aromatic carbocycles. The first kappa shape index (κ1) is 20.4. The minimum atomic E-state index is -3.82. The lowest BCUT2D eigenvalue weighted by Crippen LogP contribution is -2.22. The smallest absolute Gasteiger partial charge is 0.319 e. The predicted octanol–water partition coefficient (Wildman–Crippen LogP) is 2.58. The van der Waals surface area contributed by atoms with Gasteiger partial charge in [0, 0.05) is 6.54 Å². The fourth-order valence-electron chi connectivity index (χ4n) is 2.92. The van der Waals surface area contributed by atoms with Gasteiger partial charge in [-0.1, -0.05) is 42.1 Å². The number of benzene rings is 2. The number of aromatic nitrogens is 2. The summed E-state index contributed by atoms with van der Waals surface area (Å²) in [5, 5.41) is 5.36. The monoisotopic (exact) mass is 419 g/mol. The summed E-state index contributed by atoms with van der Waals surface area (Å²) in [5.41, 5.74) is 2.31. The lowest BCUT2D eigenvalue weighted by molar-refractivity contribution is -0.139. The maximum Gasteiger partial charge on any atom is 0.319 e. The van der Waals surface area contributed by atoms with Crippen LogP contribution in [0.2, 0.25) is 0 Å². The predicted molar refractivity (Wildman–Crippen MR) is 109 cm³/mol. The lowest BCUT2D eigenvalue weighted by Gasteiger charge is -2.15. The van der Waals surface area contributed by atoms with Crippen LogP contribution in [0.3, 0.4) is 0 Å². The highest BCUT2D eigenvalue weighted by Gasteiger charge is 2.25. The van der Waals surface area contributed by atoms with E-state index >= 15 is 0 Å². The summed E-state index contributed by atoms with van der Waals surface area (Å²) < 4.78 is 30.2. The summed E-state index contributed by atoms with van der Waals surface area (Å²) in [7, 11) is -2.45. The molecule has 0 amide bonds. The maximum absolute atomic E-state index is 12.3. The molecule has 0 fully saturated rings. The molecule has 0 radical (unpaired) electrons. The van der Waals surface area contributed by atoms with Gasteiger partial charge in [0.15, 0.2) is 5.16 Å². The van der Waals surface area contributed by atoms with Crippen LogP contribution in [0.4, 0.5) is 0 Å². The largest absolute Gasteiger partial charge is 0.468 e. The van der Waals surface area contributed by atoms with Crippen molar-refractivity contribution < 1.29 is 17.9 Å². The average molecular weight is 420 g/mol. The van der Waals surface area contributed by atoms with Crippen molar-refractivity contribution in [2.45, 2.75) is 35.2 Å². The molecule has 0 aliphatic rings. The third-order valence-corrected chi connectivity index (χ3v) is 6.38. The van der Waals surface area contributed by atoms with Crippen LogP contribution in [-0.2, 0) is 32.5 Å². The SMILES string of the molecule is CCn1c(SC(Cc2ccccc2)C(=O)OC)nc2cc(S(N)(=O)=O)ccc21. The van der Waals surface area contributed by atoms with Crippen LogP contribution in [0.25, 0.3) is 11.0 Å². The van der Waals surface area contributed by atoms with Crippen LogP contribution >= 0.6 is 11.8 Å². The van der Waals surface area contributed by atoms with Gasteiger partial charge in [0.05, 0.1) is 23.0 Å². The van der Waals surface area contributed by atoms with Crippen molar-refractivity contribution in [3.05, 3.63) is 54.1 Å². The minimum Gasteiger partial charge on any atom is -0.468 e. The van der Waals surface area contributed by atoms with E-state index < -0.39 is 15.3 Å². The number of rotatable bonds is 7. The zero-order valence-electron chi connectivity index (χ0n) is 15.5. The Hall–Kier alpha value is -2.36. The summed E-state index contributed by atoms with van der Waals surface area (Å²) in [4.78, 5) is 16.9. The summed E-state index contributed by atoms with van der Waals surface area (Å²) in [6.45, 7) is 2.58. The van der Waals surface area contributed by atoms with E-state index in [1.54, 1.807) is 6.07 Å². The molecule has 0 spiro atoms. The number of nitrogens with two attached hydrogens (primary N) is 1. The van der Waals surface area contributed by atoms with E-state index in [1.807, 2.05) is 41.8 Å². The number of hydrogen-bond donors (Lipinski definition) is 1. The van der Waals surface area contributed by atoms with Crippen molar-refractivity contribution in [3.63, 3.8) is 0 Å². The molecule has 2 N–H and O–H groups in total. The molecule has 9 heteroatoms. The molecule has 0 bridgehead atoms. The summed E-state index contributed by atoms with van der Waals surface area (Å²) in [6, 6.07) is 14.3. The molecule has 3 rings (SSSR count). The van der Waals surface area contributed by atoms with Gasteiger partial charge in [-0.3, -0.25) is 4.79 Å². The van der Waals surface area contributed by atoms with Gasteiger partial charge in [-0.25, -0.2) is 18.5 Å². The van der Waals surface area contributed by atoms with Gasteiger partial charge in [-0.05, 0) is 37.1 Å². The molecule has 28 heavy (non-hydrogen) atoms. The maximum atomic E-state index is 12.3. The topological polar surface area (TPSA) is 104 Å². The van der Waals surface area contributed by atoms with Crippen molar-refractivity contribution in [1.29, 1.82) is 0 Å². The van der Waals surface area contributed by atoms with Crippen LogP contribution in [0.5, 0.6) is 0 Å². The molecule has 1 unspecified atom stereocenters. The third kappa shape index (κ3) is 4.37. The fraction of sp³-hybridized carbons (Fsp3) is 0.263. The first-order chi connectivity index (χ1) is 13.3. The van der Waals surface area contributed by atoms with Crippen molar-refractivity contribution in [1.82, 2.24) is 9.55 Å². The number of imidazole rings is 1. The van der Waals surface area contributed by atoms with Crippen LogP contribution in [0.1, 0.15) is 12.5 Å². The van der Waals surface area contributed by atoms with Gasteiger partial charge < -0.3 is 9.30 Å². The number of nitrogens with zero attached hydrogens (tertiary/aromatic N) is 2. The average Bonchev–Trinajstić information content (AvgIpc) is 3.03. The number of hydrogen-bond acceptors (Lipinski definition) is 6. The zero-order chi connectivity index (χ0) is 20.3. The van der Waals surface area contributed by atoms with E-state index in [2.05, 4.69) is 4.98 Å². The normalized spacial score (nSPS) is 12.8. The highest BCUT2D eigenvalue weighted by Crippen LogP contribution is 2.30. The molecule has 0 saturated carbocycles. The molecule has 1 aromatic heterocycles. The molecule has 0 aliphatic carbocycles. The minimum absolute atomic E-state index is 0.00565. The molecular weight excluding hydrogens is 398 g/mol. The Balaban J connectivity index is 1.99. The number of sulfonamides is 1. The lowest BCUT2D eigenvalue weighted by atomic mass is 10.1. The van der Waals surface area contributed by atoms with Crippen molar-refractivity contribution in [3.8, 4) is 0 Å². The number of aryl methyl sites for hydroxylation is 1. The van der Waals surface area contributed by atoms with Crippen molar-refractivity contribution >= 4 is 38.8 Å². The van der Waals surface area contributed by atoms with Crippen LogP contribution < -0.4 is 5.14 Å². The fourth-order valence-corrected chi connectivity index (χ4v) is 4.68. The number of methoxy groups -OCH3 is 1. The number of thioether (sulfide) groups is 1. The summed E-state index contributed by atoms with van der Waals surface area (Å²) >= 11 is 1.30. The Morgan fingerprint density at radius 1 is 1.25 bits per heavy atom. The molecule has 3 aromatic rings. The van der Waals surface area contributed by atoms with E-state index in [-0.39, 0.29) is 10.9 Å². The van der Waals surface area contributed by atoms with E-state index in [0.717, 1.165) is 11.1 Å². The summed E-state index contributed by atoms with van der Waals surface area (Å²) in [6.07, 6.45) is 0.494. The van der Waals surface area contributed by atoms with Crippen LogP contribution in [0, 0.1) is 0 Å². The highest BCUT2D eigenvalue weighted by atomic mass is 32.2. The van der Waals surface area contributed by atoms with E-state index in [4.69, 9.17) is 9.88 Å². The van der Waals surface area contributed by atoms with Gasteiger partial charge in [0.1, 0.15) is 5.25 Å². The Morgan fingerprint density at radius 3 is 2.57 bits per heavy atom. The van der Waals surface area contributed by atoms with Gasteiger partial charge in [-0.2, -0.15) is 0 Å². The summed E-state index contributed by atoms with van der Waals surface area (Å²) in [5.74, 6) is -0.339. The van der Waals surface area contributed by atoms with Gasteiger partial charge >= 0.3 is 5.97 Å². The van der Waals surface area contributed by atoms with E-state index in [1.165, 1.54) is 31.0 Å². The zero-order valence-corrected chi connectivity index (χ0v) is 17.2. The quantitative estimate of drug-likeness (QED) is 0.466. The van der Waals surface area contributed by atoms with E-state index in [0.29, 0.717) is 23.6 Å². The molecule has 1 heterocycles. The Labute approximate surface area is 167 Å². The Morgan fingerprint density at radius 2 is 1.96 bits per heavy atom. The number of carbonyl (C=O) groups is 1. The second kappa shape index (κ2) is 8.34. The number of carbonyl (C=O) groups excluding carboxylic acids is 1. The third-order valence-electron chi connectivity index (χ3n) is 4.31. The second-order valence-corrected chi connectivity index (χ2v) is 8.88. The molecule has 148 valence electrons. The Kier molecular flexibility index (Phi) is 6.07. The molecule has 7 nitrogen and oxygen atoms in total. The number of primary sulfonamides is 1.